The molecule has 0 bridgehead atoms. The number of rotatable bonds is 3. The van der Waals surface area contributed by atoms with Crippen molar-refractivity contribution in [3.05, 3.63) is 67.0 Å². The molecule has 2 rings (SSSR count). The van der Waals surface area contributed by atoms with Gasteiger partial charge in [0, 0.05) is 19.5 Å². The number of nitrogens with two attached hydrogens (primary N) is 1. The van der Waals surface area contributed by atoms with Crippen LogP contribution in [0.15, 0.2) is 55.9 Å². The van der Waals surface area contributed by atoms with E-state index in [-0.39, 0.29) is 6.04 Å². The Balaban J connectivity index is 2.19. The van der Waals surface area contributed by atoms with E-state index in [0.717, 1.165) is 25.4 Å². The molecule has 0 aromatic heterocycles. The number of hydrogen-bond acceptors (Lipinski definition) is 1. The van der Waals surface area contributed by atoms with Gasteiger partial charge in [0.2, 0.25) is 0 Å². The molecule has 0 saturated carbocycles. The minimum Gasteiger partial charge on any atom is -0.324 e. The Labute approximate surface area is 132 Å². The molecular formula is C14H12Br3N. The topological polar surface area (TPSA) is 26.0 Å². The summed E-state index contributed by atoms with van der Waals surface area (Å²) in [5.74, 6) is 0. The highest BCUT2D eigenvalue weighted by atomic mass is 79.9. The van der Waals surface area contributed by atoms with Crippen molar-refractivity contribution >= 4 is 47.8 Å². The summed E-state index contributed by atoms with van der Waals surface area (Å²) in [6.07, 6.45) is 0.819. The first-order valence-electron chi connectivity index (χ1n) is 5.51. The lowest BCUT2D eigenvalue weighted by Gasteiger charge is -2.14. The molecule has 0 aliphatic rings. The first-order chi connectivity index (χ1) is 8.56. The maximum absolute atomic E-state index is 6.27. The Bertz CT molecular complexity index is 554. The van der Waals surface area contributed by atoms with Gasteiger partial charge < -0.3 is 5.73 Å². The van der Waals surface area contributed by atoms with Gasteiger partial charge in [-0.1, -0.05) is 66.0 Å². The third-order valence-corrected chi connectivity index (χ3v) is 4.38. The lowest BCUT2D eigenvalue weighted by Crippen LogP contribution is -2.13. The fourth-order valence-electron chi connectivity index (χ4n) is 1.83. The third kappa shape index (κ3) is 3.67. The van der Waals surface area contributed by atoms with Crippen LogP contribution >= 0.6 is 47.8 Å². The standard InChI is InChI=1S/C14H12Br3N/c15-10-3-1-2-9(6-10)7-14(18)12-5-4-11(16)8-13(12)17/h1-6,8,14H,7,18H2. The molecule has 4 heteroatoms. The Morgan fingerprint density at radius 3 is 2.33 bits per heavy atom. The molecule has 1 nitrogen and oxygen atoms in total. The fourth-order valence-corrected chi connectivity index (χ4v) is 3.62. The van der Waals surface area contributed by atoms with Crippen molar-refractivity contribution in [3.63, 3.8) is 0 Å². The zero-order valence-electron chi connectivity index (χ0n) is 9.54. The Morgan fingerprint density at radius 2 is 1.67 bits per heavy atom. The highest BCUT2D eigenvalue weighted by molar-refractivity contribution is 9.11. The molecule has 2 aromatic rings. The number of benzene rings is 2. The molecule has 1 atom stereocenters. The quantitative estimate of drug-likeness (QED) is 0.705. The molecule has 0 fully saturated rings. The monoisotopic (exact) mass is 431 g/mol. The zero-order valence-corrected chi connectivity index (χ0v) is 14.3. The molecule has 0 amide bonds. The van der Waals surface area contributed by atoms with E-state index in [1.165, 1.54) is 5.56 Å². The molecule has 0 aliphatic carbocycles. The summed E-state index contributed by atoms with van der Waals surface area (Å²) >= 11 is 10.5. The molecule has 2 aromatic carbocycles. The van der Waals surface area contributed by atoms with Gasteiger partial charge in [-0.25, -0.2) is 0 Å². The van der Waals surface area contributed by atoms with Crippen LogP contribution in [-0.4, -0.2) is 0 Å². The van der Waals surface area contributed by atoms with Gasteiger partial charge in [0.15, 0.2) is 0 Å². The SMILES string of the molecule is NC(Cc1cccc(Br)c1)c1ccc(Br)cc1Br. The van der Waals surface area contributed by atoms with Crippen molar-refractivity contribution in [1.29, 1.82) is 0 Å². The summed E-state index contributed by atoms with van der Waals surface area (Å²) in [5, 5.41) is 0. The largest absolute Gasteiger partial charge is 0.324 e. The highest BCUT2D eigenvalue weighted by Crippen LogP contribution is 2.28. The molecule has 0 radical (unpaired) electrons. The van der Waals surface area contributed by atoms with E-state index in [1.807, 2.05) is 24.3 Å². The van der Waals surface area contributed by atoms with Crippen LogP contribution in [0.1, 0.15) is 17.2 Å². The van der Waals surface area contributed by atoms with Gasteiger partial charge in [-0.05, 0) is 41.8 Å². The van der Waals surface area contributed by atoms with E-state index >= 15 is 0 Å². The normalized spacial score (nSPS) is 12.4. The molecule has 0 heterocycles. The van der Waals surface area contributed by atoms with Crippen molar-refractivity contribution < 1.29 is 0 Å². The lowest BCUT2D eigenvalue weighted by atomic mass is 10.00. The maximum Gasteiger partial charge on any atom is 0.0347 e. The van der Waals surface area contributed by atoms with Crippen molar-refractivity contribution in [2.75, 3.05) is 0 Å². The van der Waals surface area contributed by atoms with Gasteiger partial charge in [-0.3, -0.25) is 0 Å². The first-order valence-corrected chi connectivity index (χ1v) is 7.89. The van der Waals surface area contributed by atoms with Crippen LogP contribution in [0.2, 0.25) is 0 Å². The minimum absolute atomic E-state index is 0.0122. The molecule has 1 unspecified atom stereocenters. The van der Waals surface area contributed by atoms with Crippen LogP contribution in [0.25, 0.3) is 0 Å². The van der Waals surface area contributed by atoms with Gasteiger partial charge in [0.25, 0.3) is 0 Å². The van der Waals surface area contributed by atoms with E-state index in [1.54, 1.807) is 0 Å². The summed E-state index contributed by atoms with van der Waals surface area (Å²) in [7, 11) is 0. The van der Waals surface area contributed by atoms with E-state index in [0.29, 0.717) is 0 Å². The first kappa shape index (κ1) is 14.3. The predicted octanol–water partition coefficient (Wildman–Crippen LogP) is 5.22. The van der Waals surface area contributed by atoms with Gasteiger partial charge in [-0.2, -0.15) is 0 Å². The van der Waals surface area contributed by atoms with E-state index in [4.69, 9.17) is 5.73 Å². The minimum atomic E-state index is -0.0122. The summed E-state index contributed by atoms with van der Waals surface area (Å²) < 4.78 is 3.18. The van der Waals surface area contributed by atoms with Gasteiger partial charge in [0.1, 0.15) is 0 Å². The van der Waals surface area contributed by atoms with Crippen LogP contribution in [0.5, 0.6) is 0 Å². The van der Waals surface area contributed by atoms with Crippen LogP contribution in [0, 0.1) is 0 Å². The van der Waals surface area contributed by atoms with Crippen LogP contribution in [-0.2, 0) is 6.42 Å². The Morgan fingerprint density at radius 1 is 0.944 bits per heavy atom. The average molecular weight is 434 g/mol. The van der Waals surface area contributed by atoms with E-state index in [2.05, 4.69) is 66.0 Å². The van der Waals surface area contributed by atoms with Crippen molar-refractivity contribution in [2.45, 2.75) is 12.5 Å². The van der Waals surface area contributed by atoms with Crippen LogP contribution in [0.4, 0.5) is 0 Å². The smallest absolute Gasteiger partial charge is 0.0347 e. The molecular weight excluding hydrogens is 422 g/mol. The molecule has 0 saturated heterocycles. The molecule has 0 aliphatic heterocycles. The molecule has 94 valence electrons. The second-order valence-corrected chi connectivity index (χ2v) is 6.79. The Hall–Kier alpha value is -0.160. The van der Waals surface area contributed by atoms with Gasteiger partial charge in [0.05, 0.1) is 0 Å². The second-order valence-electron chi connectivity index (χ2n) is 4.11. The van der Waals surface area contributed by atoms with Gasteiger partial charge >= 0.3 is 0 Å². The maximum atomic E-state index is 6.27. The molecule has 18 heavy (non-hydrogen) atoms. The van der Waals surface area contributed by atoms with Crippen molar-refractivity contribution in [2.24, 2.45) is 5.73 Å². The van der Waals surface area contributed by atoms with Crippen LogP contribution < -0.4 is 5.73 Å². The van der Waals surface area contributed by atoms with E-state index in [9.17, 15) is 0 Å². The summed E-state index contributed by atoms with van der Waals surface area (Å²) in [4.78, 5) is 0. The summed E-state index contributed by atoms with van der Waals surface area (Å²) in [6.45, 7) is 0. The highest BCUT2D eigenvalue weighted by Gasteiger charge is 2.11. The Kier molecular flexibility index (Phi) is 5.01. The number of hydrogen-bond donors (Lipinski definition) is 1. The lowest BCUT2D eigenvalue weighted by molar-refractivity contribution is 0.718. The summed E-state index contributed by atoms with van der Waals surface area (Å²) in [6, 6.07) is 14.3. The summed E-state index contributed by atoms with van der Waals surface area (Å²) in [5.41, 5.74) is 8.62. The van der Waals surface area contributed by atoms with E-state index < -0.39 is 0 Å². The second kappa shape index (κ2) is 6.33. The van der Waals surface area contributed by atoms with Crippen molar-refractivity contribution in [1.82, 2.24) is 0 Å². The van der Waals surface area contributed by atoms with Crippen molar-refractivity contribution in [3.8, 4) is 0 Å². The molecule has 0 spiro atoms. The fraction of sp³-hybridized carbons (Fsp3) is 0.143. The number of halogens is 3. The molecule has 2 N–H and O–H groups in total. The van der Waals surface area contributed by atoms with Gasteiger partial charge in [-0.15, -0.1) is 0 Å². The predicted molar refractivity (Wildman–Crippen MR) is 86.6 cm³/mol. The average Bonchev–Trinajstić information content (AvgIpc) is 2.28. The third-order valence-electron chi connectivity index (χ3n) is 2.71. The van der Waals surface area contributed by atoms with Crippen LogP contribution in [0.3, 0.4) is 0 Å². The zero-order chi connectivity index (χ0) is 13.1.